The molecule has 66 valence electrons. The number of halogens is 1. The number of hydrogen-bond donors (Lipinski definition) is 0. The second-order valence-corrected chi connectivity index (χ2v) is 4.93. The van der Waals surface area contributed by atoms with Gasteiger partial charge in [-0.05, 0) is 6.92 Å². The van der Waals surface area contributed by atoms with Crippen molar-refractivity contribution in [2.75, 3.05) is 6.61 Å². The highest BCUT2D eigenvalue weighted by molar-refractivity contribution is 9.09. The van der Waals surface area contributed by atoms with Gasteiger partial charge in [0, 0.05) is 10.8 Å². The Labute approximate surface area is 83.6 Å². The van der Waals surface area contributed by atoms with Crippen LogP contribution in [-0.2, 0) is 0 Å². The Morgan fingerprint density at radius 3 is 3.08 bits per heavy atom. The Balaban J connectivity index is 2.15. The average Bonchev–Trinajstić information content (AvgIpc) is 2.49. The van der Waals surface area contributed by atoms with Crippen LogP contribution in [0.5, 0.6) is 11.5 Å². The molecule has 2 rings (SSSR count). The summed E-state index contributed by atoms with van der Waals surface area (Å²) in [5.74, 6) is 1.76. The molecule has 2 atom stereocenters. The van der Waals surface area contributed by atoms with E-state index in [-0.39, 0.29) is 6.10 Å². The van der Waals surface area contributed by atoms with Gasteiger partial charge in [-0.2, -0.15) is 0 Å². The van der Waals surface area contributed by atoms with Crippen LogP contribution in [0.1, 0.15) is 6.92 Å². The number of ether oxygens (including phenoxy) is 2. The van der Waals surface area contributed by atoms with Gasteiger partial charge in [0.1, 0.15) is 12.7 Å². The van der Waals surface area contributed by atoms with Crippen molar-refractivity contribution in [3.8, 4) is 11.5 Å². The Hall–Kier alpha value is -0.220. The molecule has 0 bridgehead atoms. The molecule has 1 aliphatic heterocycles. The topological polar surface area (TPSA) is 18.5 Å². The molecule has 0 N–H and O–H groups in total. The van der Waals surface area contributed by atoms with Crippen LogP contribution in [0.4, 0.5) is 0 Å². The van der Waals surface area contributed by atoms with E-state index in [0.717, 1.165) is 11.5 Å². The minimum absolute atomic E-state index is 0.132. The number of fused-ring (bicyclic) bond motifs is 1. The summed E-state index contributed by atoms with van der Waals surface area (Å²) < 4.78 is 11.2. The first kappa shape index (κ1) is 8.38. The smallest absolute Gasteiger partial charge is 0.172 e. The Kier molecular flexibility index (Phi) is 2.28. The Morgan fingerprint density at radius 1 is 1.58 bits per heavy atom. The molecule has 0 radical (unpaired) electrons. The molecule has 2 nitrogen and oxygen atoms in total. The largest absolute Gasteiger partial charge is 0.485 e. The third-order valence-corrected chi connectivity index (χ3v) is 3.08. The van der Waals surface area contributed by atoms with Crippen molar-refractivity contribution in [1.82, 2.24) is 0 Å². The van der Waals surface area contributed by atoms with Crippen LogP contribution in [-0.4, -0.2) is 17.5 Å². The van der Waals surface area contributed by atoms with Gasteiger partial charge in [-0.15, -0.1) is 11.3 Å². The molecule has 1 aliphatic rings. The molecular weight excluding hydrogens is 240 g/mol. The lowest BCUT2D eigenvalue weighted by atomic mass is 10.3. The zero-order valence-electron chi connectivity index (χ0n) is 6.62. The molecule has 0 aromatic carbocycles. The fourth-order valence-corrected chi connectivity index (χ4v) is 1.99. The van der Waals surface area contributed by atoms with Crippen LogP contribution in [0, 0.1) is 0 Å². The molecular formula is C8H9BrO2S. The summed E-state index contributed by atoms with van der Waals surface area (Å²) in [5.41, 5.74) is 0. The molecule has 0 saturated heterocycles. The molecule has 4 heteroatoms. The van der Waals surface area contributed by atoms with E-state index in [4.69, 9.17) is 9.47 Å². The summed E-state index contributed by atoms with van der Waals surface area (Å²) >= 11 is 5.08. The van der Waals surface area contributed by atoms with Gasteiger partial charge < -0.3 is 9.47 Å². The lowest BCUT2D eigenvalue weighted by molar-refractivity contribution is 0.0948. The van der Waals surface area contributed by atoms with Crippen LogP contribution < -0.4 is 9.47 Å². The van der Waals surface area contributed by atoms with Gasteiger partial charge in [-0.1, -0.05) is 15.9 Å². The summed E-state index contributed by atoms with van der Waals surface area (Å²) in [6.45, 7) is 2.70. The number of rotatable bonds is 1. The third-order valence-electron chi connectivity index (χ3n) is 1.79. The lowest BCUT2D eigenvalue weighted by Gasteiger charge is -2.26. The highest BCUT2D eigenvalue weighted by Gasteiger charge is 2.24. The first-order valence-corrected chi connectivity index (χ1v) is 5.63. The zero-order valence-corrected chi connectivity index (χ0v) is 9.02. The van der Waals surface area contributed by atoms with Gasteiger partial charge in [0.05, 0.1) is 4.83 Å². The average molecular weight is 249 g/mol. The predicted octanol–water partition coefficient (Wildman–Crippen LogP) is 2.67. The van der Waals surface area contributed by atoms with Gasteiger partial charge in [-0.3, -0.25) is 0 Å². The lowest BCUT2D eigenvalue weighted by Crippen LogP contribution is -2.34. The fourth-order valence-electron chi connectivity index (χ4n) is 1.06. The molecule has 2 unspecified atom stereocenters. The van der Waals surface area contributed by atoms with Crippen molar-refractivity contribution in [2.24, 2.45) is 0 Å². The molecule has 1 aromatic rings. The SMILES string of the molecule is CC(Br)C1COc2cscc2O1. The molecule has 12 heavy (non-hydrogen) atoms. The maximum Gasteiger partial charge on any atom is 0.172 e. The number of thiophene rings is 1. The van der Waals surface area contributed by atoms with E-state index >= 15 is 0 Å². The van der Waals surface area contributed by atoms with Crippen molar-refractivity contribution < 1.29 is 9.47 Å². The first-order valence-electron chi connectivity index (χ1n) is 3.77. The van der Waals surface area contributed by atoms with Crippen molar-refractivity contribution in [1.29, 1.82) is 0 Å². The standard InChI is InChI=1S/C8H9BrO2S/c1-5(9)6-2-10-7-3-12-4-8(7)11-6/h3-6H,2H2,1H3. The third kappa shape index (κ3) is 1.45. The molecule has 0 amide bonds. The highest BCUT2D eigenvalue weighted by atomic mass is 79.9. The summed E-state index contributed by atoms with van der Waals surface area (Å²) in [6, 6.07) is 0. The monoisotopic (exact) mass is 248 g/mol. The van der Waals surface area contributed by atoms with E-state index in [2.05, 4.69) is 22.9 Å². The van der Waals surface area contributed by atoms with E-state index in [0.29, 0.717) is 11.4 Å². The van der Waals surface area contributed by atoms with E-state index in [1.165, 1.54) is 0 Å². The van der Waals surface area contributed by atoms with Crippen LogP contribution in [0.2, 0.25) is 0 Å². The first-order chi connectivity index (χ1) is 5.77. The minimum Gasteiger partial charge on any atom is -0.485 e. The van der Waals surface area contributed by atoms with Crippen molar-refractivity contribution >= 4 is 27.3 Å². The number of alkyl halides is 1. The van der Waals surface area contributed by atoms with Crippen molar-refractivity contribution in [2.45, 2.75) is 17.9 Å². The van der Waals surface area contributed by atoms with E-state index in [9.17, 15) is 0 Å². The molecule has 0 saturated carbocycles. The predicted molar refractivity (Wildman–Crippen MR) is 52.6 cm³/mol. The Bertz CT molecular complexity index is 272. The highest BCUT2D eigenvalue weighted by Crippen LogP contribution is 2.36. The fraction of sp³-hybridized carbons (Fsp3) is 0.500. The Morgan fingerprint density at radius 2 is 2.33 bits per heavy atom. The van der Waals surface area contributed by atoms with Gasteiger partial charge >= 0.3 is 0 Å². The van der Waals surface area contributed by atoms with E-state index < -0.39 is 0 Å². The second-order valence-electron chi connectivity index (χ2n) is 2.75. The zero-order chi connectivity index (χ0) is 8.55. The van der Waals surface area contributed by atoms with Crippen molar-refractivity contribution in [3.05, 3.63) is 10.8 Å². The molecule has 0 fully saturated rings. The van der Waals surface area contributed by atoms with Crippen molar-refractivity contribution in [3.63, 3.8) is 0 Å². The van der Waals surface area contributed by atoms with Crippen LogP contribution in [0.25, 0.3) is 0 Å². The molecule has 0 spiro atoms. The second kappa shape index (κ2) is 3.26. The summed E-state index contributed by atoms with van der Waals surface area (Å²) in [5, 5.41) is 3.93. The van der Waals surface area contributed by atoms with Gasteiger partial charge in [0.15, 0.2) is 11.5 Å². The van der Waals surface area contributed by atoms with Gasteiger partial charge in [0.2, 0.25) is 0 Å². The summed E-state index contributed by atoms with van der Waals surface area (Å²) in [4.78, 5) is 0.325. The van der Waals surface area contributed by atoms with Crippen LogP contribution >= 0.6 is 27.3 Å². The van der Waals surface area contributed by atoms with Crippen LogP contribution in [0.3, 0.4) is 0 Å². The van der Waals surface area contributed by atoms with Gasteiger partial charge in [-0.25, -0.2) is 0 Å². The summed E-state index contributed by atoms with van der Waals surface area (Å²) in [7, 11) is 0. The van der Waals surface area contributed by atoms with Crippen LogP contribution in [0.15, 0.2) is 10.8 Å². The quantitative estimate of drug-likeness (QED) is 0.712. The normalized spacial score (nSPS) is 23.7. The molecule has 0 aliphatic carbocycles. The number of hydrogen-bond acceptors (Lipinski definition) is 3. The van der Waals surface area contributed by atoms with E-state index in [1.54, 1.807) is 11.3 Å². The minimum atomic E-state index is 0.132. The summed E-state index contributed by atoms with van der Waals surface area (Å²) in [6.07, 6.45) is 0.132. The van der Waals surface area contributed by atoms with Gasteiger partial charge in [0.25, 0.3) is 0 Å². The maximum atomic E-state index is 5.67. The maximum absolute atomic E-state index is 5.67. The molecule has 2 heterocycles. The molecule has 1 aromatic heterocycles. The van der Waals surface area contributed by atoms with E-state index in [1.807, 2.05) is 10.8 Å².